The van der Waals surface area contributed by atoms with E-state index in [4.69, 9.17) is 14.8 Å². The van der Waals surface area contributed by atoms with Crippen LogP contribution in [0.2, 0.25) is 0 Å². The molecule has 2 bridgehead atoms. The fourth-order valence-corrected chi connectivity index (χ4v) is 6.36. The molecule has 6 fully saturated rings. The normalized spacial score (nSPS) is 36.1. The Morgan fingerprint density at radius 1 is 1.33 bits per heavy atom. The highest BCUT2D eigenvalue weighted by Crippen LogP contribution is 2.61. The van der Waals surface area contributed by atoms with Gasteiger partial charge in [-0.15, -0.1) is 5.10 Å². The molecule has 2 aromatic heterocycles. The molecule has 8 nitrogen and oxygen atoms in total. The van der Waals surface area contributed by atoms with E-state index >= 15 is 0 Å². The first-order valence-electron chi connectivity index (χ1n) is 11.3. The summed E-state index contributed by atoms with van der Waals surface area (Å²) in [5, 5.41) is 7.99. The number of carbonyl (C=O) groups excluding carboxylic acids is 1. The van der Waals surface area contributed by atoms with Gasteiger partial charge in [0.25, 0.3) is 0 Å². The number of carbonyl (C=O) groups is 1. The van der Waals surface area contributed by atoms with Crippen LogP contribution in [-0.4, -0.2) is 63.4 Å². The molecule has 4 saturated heterocycles. The van der Waals surface area contributed by atoms with Gasteiger partial charge in [0.05, 0.1) is 30.1 Å². The molecule has 0 aromatic carbocycles. The van der Waals surface area contributed by atoms with Crippen LogP contribution < -0.4 is 10.2 Å². The molecule has 2 saturated carbocycles. The summed E-state index contributed by atoms with van der Waals surface area (Å²) in [5.41, 5.74) is 2.69. The molecule has 2 amide bonds. The fourth-order valence-electron chi connectivity index (χ4n) is 6.36. The molecule has 30 heavy (non-hydrogen) atoms. The second-order valence-electron chi connectivity index (χ2n) is 10.3. The molecule has 1 N–H and O–H groups in total. The average molecular weight is 409 g/mol. The Morgan fingerprint density at radius 3 is 2.93 bits per heavy atom. The molecule has 2 aromatic rings. The third kappa shape index (κ3) is 2.08. The highest BCUT2D eigenvalue weighted by molar-refractivity contribution is 5.80. The highest BCUT2D eigenvalue weighted by atomic mass is 16.5. The molecular formula is C22H28N6O2. The molecule has 8 heteroatoms. The highest BCUT2D eigenvalue weighted by Gasteiger charge is 2.72. The van der Waals surface area contributed by atoms with E-state index < -0.39 is 5.60 Å². The number of nitrogens with one attached hydrogen (secondary N) is 1. The lowest BCUT2D eigenvalue weighted by Gasteiger charge is -2.49. The van der Waals surface area contributed by atoms with E-state index in [1.165, 1.54) is 12.1 Å². The molecule has 6 heterocycles. The van der Waals surface area contributed by atoms with E-state index in [1.54, 1.807) is 0 Å². The lowest BCUT2D eigenvalue weighted by atomic mass is 9.67. The van der Waals surface area contributed by atoms with Gasteiger partial charge >= 0.3 is 6.03 Å². The van der Waals surface area contributed by atoms with Crippen molar-refractivity contribution in [2.24, 2.45) is 11.8 Å². The van der Waals surface area contributed by atoms with Gasteiger partial charge in [0.2, 0.25) is 0 Å². The number of amides is 2. The largest absolute Gasteiger partial charge is 0.370 e. The quantitative estimate of drug-likeness (QED) is 0.842. The monoisotopic (exact) mass is 408 g/mol. The third-order valence-corrected chi connectivity index (χ3v) is 8.22. The van der Waals surface area contributed by atoms with Crippen molar-refractivity contribution in [1.82, 2.24) is 24.8 Å². The van der Waals surface area contributed by atoms with Gasteiger partial charge in [-0.3, -0.25) is 0 Å². The summed E-state index contributed by atoms with van der Waals surface area (Å²) in [5.74, 6) is 1.86. The Labute approximate surface area is 175 Å². The number of anilines is 1. The van der Waals surface area contributed by atoms with E-state index in [-0.39, 0.29) is 17.6 Å². The summed E-state index contributed by atoms with van der Waals surface area (Å²) in [6.45, 7) is 8.06. The van der Waals surface area contributed by atoms with Crippen molar-refractivity contribution in [3.63, 3.8) is 0 Å². The molecular weight excluding hydrogens is 380 g/mol. The topological polar surface area (TPSA) is 75.0 Å². The molecule has 8 rings (SSSR count). The summed E-state index contributed by atoms with van der Waals surface area (Å²) in [6, 6.07) is 2.34. The van der Waals surface area contributed by atoms with E-state index in [2.05, 4.69) is 41.2 Å². The lowest BCUT2D eigenvalue weighted by molar-refractivity contribution is -0.0834. The zero-order valence-electron chi connectivity index (χ0n) is 17.6. The maximum Gasteiger partial charge on any atom is 0.318 e. The van der Waals surface area contributed by atoms with Gasteiger partial charge in [-0.2, -0.15) is 0 Å². The number of pyridine rings is 1. The molecule has 2 aliphatic carbocycles. The third-order valence-electron chi connectivity index (χ3n) is 8.22. The molecule has 4 atom stereocenters. The van der Waals surface area contributed by atoms with Crippen LogP contribution in [-0.2, 0) is 10.3 Å². The zero-order chi connectivity index (χ0) is 20.3. The molecule has 6 aliphatic rings. The SMILES string of the molecule is Cc1cc(N2CCC(C)C2)cn2nc(C34CC(CO3)C4N3C(=O)NCC34CC4)nc12. The number of hydrogen-bond acceptors (Lipinski definition) is 5. The second-order valence-corrected chi connectivity index (χ2v) is 10.3. The van der Waals surface area contributed by atoms with Gasteiger partial charge in [0.1, 0.15) is 0 Å². The van der Waals surface area contributed by atoms with E-state index in [0.29, 0.717) is 12.5 Å². The minimum Gasteiger partial charge on any atom is -0.370 e. The second kappa shape index (κ2) is 5.46. The van der Waals surface area contributed by atoms with Crippen LogP contribution in [0.25, 0.3) is 5.65 Å². The maximum absolute atomic E-state index is 12.7. The standard InChI is InChI=1S/C22H28N6O2/c1-13-3-6-26(9-13)16-7-14(2)18-24-19(25-27(18)10-16)22-8-15(11-30-22)17(22)28-20(29)23-12-21(28)4-5-21/h7,10,13,15,17H,3-6,8-9,11-12H2,1-2H3,(H,23,29). The van der Waals surface area contributed by atoms with Crippen LogP contribution in [0.5, 0.6) is 0 Å². The molecule has 158 valence electrons. The number of fused-ring (bicyclic) bond motifs is 2. The van der Waals surface area contributed by atoms with Crippen molar-refractivity contribution < 1.29 is 9.53 Å². The van der Waals surface area contributed by atoms with E-state index in [0.717, 1.165) is 61.8 Å². The van der Waals surface area contributed by atoms with Crippen LogP contribution in [0.1, 0.15) is 44.0 Å². The summed E-state index contributed by atoms with van der Waals surface area (Å²) < 4.78 is 8.27. The van der Waals surface area contributed by atoms with Crippen molar-refractivity contribution in [3.05, 3.63) is 23.7 Å². The summed E-state index contributed by atoms with van der Waals surface area (Å²) in [7, 11) is 0. The van der Waals surface area contributed by atoms with Gasteiger partial charge in [0.15, 0.2) is 17.1 Å². The van der Waals surface area contributed by atoms with Crippen LogP contribution in [0.3, 0.4) is 0 Å². The average Bonchev–Trinajstić information content (AvgIpc) is 3.21. The number of nitrogens with zero attached hydrogens (tertiary/aromatic N) is 5. The molecule has 4 unspecified atom stereocenters. The number of aromatic nitrogens is 3. The summed E-state index contributed by atoms with van der Waals surface area (Å²) >= 11 is 0. The predicted octanol–water partition coefficient (Wildman–Crippen LogP) is 2.06. The number of urea groups is 1. The Balaban J connectivity index is 1.28. The minimum atomic E-state index is -0.553. The van der Waals surface area contributed by atoms with Crippen molar-refractivity contribution in [3.8, 4) is 0 Å². The van der Waals surface area contributed by atoms with Gasteiger partial charge in [-0.05, 0) is 50.2 Å². The molecule has 1 spiro atoms. The fraction of sp³-hybridized carbons (Fsp3) is 0.682. The minimum absolute atomic E-state index is 0.00800. The number of ether oxygens (including phenoxy) is 1. The van der Waals surface area contributed by atoms with Crippen LogP contribution in [0.4, 0.5) is 10.5 Å². The van der Waals surface area contributed by atoms with Gasteiger partial charge in [-0.25, -0.2) is 14.3 Å². The Morgan fingerprint density at radius 2 is 2.20 bits per heavy atom. The Kier molecular flexibility index (Phi) is 3.16. The Hall–Kier alpha value is -2.35. The van der Waals surface area contributed by atoms with Crippen LogP contribution in [0.15, 0.2) is 12.3 Å². The first kappa shape index (κ1) is 17.3. The van der Waals surface area contributed by atoms with E-state index in [1.807, 2.05) is 4.52 Å². The van der Waals surface area contributed by atoms with Gasteiger partial charge in [0, 0.05) is 25.6 Å². The molecule has 0 radical (unpaired) electrons. The van der Waals surface area contributed by atoms with Crippen molar-refractivity contribution >= 4 is 17.4 Å². The van der Waals surface area contributed by atoms with E-state index in [9.17, 15) is 4.79 Å². The summed E-state index contributed by atoms with van der Waals surface area (Å²) in [4.78, 5) is 22.2. The van der Waals surface area contributed by atoms with Crippen molar-refractivity contribution in [1.29, 1.82) is 0 Å². The lowest BCUT2D eigenvalue weighted by Crippen LogP contribution is -2.63. The van der Waals surface area contributed by atoms with Crippen molar-refractivity contribution in [2.45, 2.75) is 56.7 Å². The number of aryl methyl sites for hydroxylation is 1. The van der Waals surface area contributed by atoms with Gasteiger partial charge in [-0.1, -0.05) is 6.92 Å². The number of hydrogen-bond donors (Lipinski definition) is 1. The smallest absolute Gasteiger partial charge is 0.318 e. The zero-order valence-corrected chi connectivity index (χ0v) is 17.6. The summed E-state index contributed by atoms with van der Waals surface area (Å²) in [6.07, 6.45) is 6.42. The first-order chi connectivity index (χ1) is 14.5. The number of rotatable bonds is 3. The first-order valence-corrected chi connectivity index (χ1v) is 11.3. The van der Waals surface area contributed by atoms with Crippen LogP contribution >= 0.6 is 0 Å². The Bertz CT molecular complexity index is 1070. The van der Waals surface area contributed by atoms with Crippen molar-refractivity contribution in [2.75, 3.05) is 31.1 Å². The van der Waals surface area contributed by atoms with Gasteiger partial charge < -0.3 is 19.9 Å². The maximum atomic E-state index is 12.7. The van der Waals surface area contributed by atoms with Crippen LogP contribution in [0, 0.1) is 18.8 Å². The predicted molar refractivity (Wildman–Crippen MR) is 110 cm³/mol. The molecule has 4 aliphatic heterocycles.